The van der Waals surface area contributed by atoms with Gasteiger partial charge in [-0.05, 0) is 36.6 Å². The number of ether oxygens (including phenoxy) is 1. The molecule has 3 aromatic rings. The summed E-state index contributed by atoms with van der Waals surface area (Å²) in [6.07, 6.45) is 0.479. The van der Waals surface area contributed by atoms with Crippen LogP contribution in [0.2, 0.25) is 0 Å². The maximum absolute atomic E-state index is 12.7. The van der Waals surface area contributed by atoms with Crippen LogP contribution in [-0.4, -0.2) is 63.5 Å². The fraction of sp³-hybridized carbons (Fsp3) is 0.227. The molecule has 0 fully saturated rings. The zero-order valence-corrected chi connectivity index (χ0v) is 16.3. The van der Waals surface area contributed by atoms with Gasteiger partial charge in [0.2, 0.25) is 0 Å². The number of ketones is 1. The number of nitrogens with zero attached hydrogens (tertiary/aromatic N) is 1. The molecule has 1 aromatic heterocycles. The van der Waals surface area contributed by atoms with E-state index in [9.17, 15) is 14.4 Å². The van der Waals surface area contributed by atoms with Crippen LogP contribution < -0.4 is 10.5 Å². The summed E-state index contributed by atoms with van der Waals surface area (Å²) in [4.78, 5) is 35.5. The number of aliphatic carboxylic acids is 1. The van der Waals surface area contributed by atoms with Crippen molar-refractivity contribution < 1.29 is 24.2 Å². The molecule has 0 spiro atoms. The Morgan fingerprint density at radius 3 is 2.37 bits per heavy atom. The number of carboxylic acids is 1. The number of carbonyl (C=O) groups is 3. The second-order valence-corrected chi connectivity index (χ2v) is 6.78. The van der Waals surface area contributed by atoms with Crippen LogP contribution in [0, 0.1) is 6.92 Å². The summed E-state index contributed by atoms with van der Waals surface area (Å²) in [5.41, 5.74) is 8.69. The normalized spacial score (nSPS) is 10.5. The zero-order valence-electron chi connectivity index (χ0n) is 16.3. The molecule has 0 saturated heterocycles. The van der Waals surface area contributed by atoms with Crippen LogP contribution in [0.25, 0.3) is 10.9 Å². The molecule has 7 nitrogen and oxygen atoms in total. The van der Waals surface area contributed by atoms with Crippen molar-refractivity contribution in [3.8, 4) is 5.75 Å². The van der Waals surface area contributed by atoms with E-state index in [-0.39, 0.29) is 40.9 Å². The Hall–Kier alpha value is -2.61. The van der Waals surface area contributed by atoms with Crippen LogP contribution in [0.1, 0.15) is 34.1 Å². The van der Waals surface area contributed by atoms with Crippen molar-refractivity contribution in [1.82, 2.24) is 4.57 Å². The second-order valence-electron chi connectivity index (χ2n) is 6.78. The van der Waals surface area contributed by atoms with Gasteiger partial charge in [0.25, 0.3) is 11.7 Å². The van der Waals surface area contributed by atoms with Crippen LogP contribution in [0.4, 0.5) is 0 Å². The van der Waals surface area contributed by atoms with E-state index in [2.05, 4.69) is 0 Å². The summed E-state index contributed by atoms with van der Waals surface area (Å²) >= 11 is 0. The number of nitrogens with two attached hydrogens (primary N) is 1. The van der Waals surface area contributed by atoms with Gasteiger partial charge in [-0.25, -0.2) is 4.79 Å². The average molecular weight is 418 g/mol. The number of Topliss-reactive ketones (excluding diaryl/α,β-unsaturated/α-hetero) is 1. The van der Waals surface area contributed by atoms with Crippen molar-refractivity contribution >= 4 is 58.1 Å². The zero-order chi connectivity index (χ0) is 21.1. The molecule has 0 bridgehead atoms. The van der Waals surface area contributed by atoms with Gasteiger partial charge in [0.15, 0.2) is 6.61 Å². The Labute approximate surface area is 196 Å². The Morgan fingerprint density at radius 2 is 1.80 bits per heavy atom. The quantitative estimate of drug-likeness (QED) is 0.330. The van der Waals surface area contributed by atoms with E-state index in [1.165, 1.54) is 0 Å². The van der Waals surface area contributed by atoms with Gasteiger partial charge >= 0.3 is 35.5 Å². The molecule has 0 aliphatic rings. The van der Waals surface area contributed by atoms with Gasteiger partial charge in [0.1, 0.15) is 5.75 Å². The molecule has 2 aromatic carbocycles. The molecule has 0 aliphatic heterocycles. The number of amides is 1. The van der Waals surface area contributed by atoms with Crippen LogP contribution in [0.15, 0.2) is 42.5 Å². The summed E-state index contributed by atoms with van der Waals surface area (Å²) in [5.74, 6) is -2.78. The van der Waals surface area contributed by atoms with E-state index in [0.717, 1.165) is 11.1 Å². The molecular weight excluding hydrogens is 395 g/mol. The first-order chi connectivity index (χ1) is 13.8. The van der Waals surface area contributed by atoms with Crippen molar-refractivity contribution in [2.24, 2.45) is 5.73 Å². The van der Waals surface area contributed by atoms with E-state index < -0.39 is 24.3 Å². The van der Waals surface area contributed by atoms with Crippen molar-refractivity contribution in [1.29, 1.82) is 0 Å². The van der Waals surface area contributed by atoms with Crippen molar-refractivity contribution in [3.63, 3.8) is 0 Å². The number of benzene rings is 2. The molecule has 3 rings (SSSR count). The van der Waals surface area contributed by atoms with E-state index in [4.69, 9.17) is 15.6 Å². The third-order valence-electron chi connectivity index (χ3n) is 4.70. The minimum atomic E-state index is -1.14. The minimum absolute atomic E-state index is 0. The monoisotopic (exact) mass is 418 g/mol. The predicted molar refractivity (Wildman–Crippen MR) is 115 cm³/mol. The number of aromatic nitrogens is 1. The number of carbonyl (C=O) groups excluding carboxylic acids is 2. The average Bonchev–Trinajstić information content (AvgIpc) is 2.99. The van der Waals surface area contributed by atoms with Gasteiger partial charge in [-0.15, -0.1) is 0 Å². The van der Waals surface area contributed by atoms with Crippen LogP contribution in [0.5, 0.6) is 5.75 Å². The van der Waals surface area contributed by atoms with E-state index >= 15 is 0 Å². The van der Waals surface area contributed by atoms with Gasteiger partial charge < -0.3 is 20.1 Å². The second kappa shape index (κ2) is 9.93. The summed E-state index contributed by atoms with van der Waals surface area (Å²) in [5, 5.41) is 9.42. The maximum atomic E-state index is 12.7. The number of primary amides is 1. The van der Waals surface area contributed by atoms with Gasteiger partial charge in [0.05, 0.1) is 16.5 Å². The first-order valence-electron chi connectivity index (χ1n) is 9.21. The third-order valence-corrected chi connectivity index (χ3v) is 4.70. The fourth-order valence-electron chi connectivity index (χ4n) is 3.56. The number of hydrogen-bond acceptors (Lipinski definition) is 4. The molecule has 152 valence electrons. The number of carboxylic acid groups (broad SMARTS) is 1. The molecule has 30 heavy (non-hydrogen) atoms. The van der Waals surface area contributed by atoms with E-state index in [1.54, 1.807) is 6.07 Å². The SMILES string of the molecule is CCc1c(C(=O)C(N)=O)c2c(OCC(=O)O)cc(C)cc2n1Cc1ccccc1.[NaH]. The Balaban J connectivity index is 0.00000320. The van der Waals surface area contributed by atoms with Gasteiger partial charge in [-0.1, -0.05) is 37.3 Å². The van der Waals surface area contributed by atoms with Crippen molar-refractivity contribution in [2.75, 3.05) is 6.61 Å². The van der Waals surface area contributed by atoms with Gasteiger partial charge in [0, 0.05) is 12.2 Å². The fourth-order valence-corrected chi connectivity index (χ4v) is 3.56. The van der Waals surface area contributed by atoms with Gasteiger partial charge in [-0.3, -0.25) is 9.59 Å². The van der Waals surface area contributed by atoms with Crippen LogP contribution in [0.3, 0.4) is 0 Å². The summed E-state index contributed by atoms with van der Waals surface area (Å²) in [6, 6.07) is 13.3. The molecule has 0 saturated carbocycles. The van der Waals surface area contributed by atoms with Gasteiger partial charge in [-0.2, -0.15) is 0 Å². The van der Waals surface area contributed by atoms with Crippen LogP contribution >= 0.6 is 0 Å². The Kier molecular flexibility index (Phi) is 7.83. The molecule has 0 unspecified atom stereocenters. The van der Waals surface area contributed by atoms with E-state index in [1.807, 2.05) is 54.8 Å². The molecule has 0 atom stereocenters. The van der Waals surface area contributed by atoms with Crippen LogP contribution in [-0.2, 0) is 22.6 Å². The Morgan fingerprint density at radius 1 is 1.13 bits per heavy atom. The number of hydrogen-bond donors (Lipinski definition) is 2. The van der Waals surface area contributed by atoms with E-state index in [0.29, 0.717) is 29.6 Å². The van der Waals surface area contributed by atoms with Crippen molar-refractivity contribution in [3.05, 3.63) is 64.8 Å². The standard InChI is InChI=1S/C22H22N2O5.Na.H/c1-3-15-20(21(27)22(23)28)19-16(24(15)11-14-7-5-4-6-8-14)9-13(2)10-17(19)29-12-18(25)26;;/h4-10H,3,11-12H2,1-2H3,(H2,23,28)(H,25,26);;. The molecular formula is C22H23N2NaO5. The first-order valence-corrected chi connectivity index (χ1v) is 9.21. The molecule has 0 radical (unpaired) electrons. The first kappa shape index (κ1) is 23.7. The number of fused-ring (bicyclic) bond motifs is 1. The molecule has 1 heterocycles. The molecule has 3 N–H and O–H groups in total. The topological polar surface area (TPSA) is 112 Å². The number of rotatable bonds is 8. The predicted octanol–water partition coefficient (Wildman–Crippen LogP) is 2.04. The molecule has 1 amide bonds. The molecule has 0 aliphatic carbocycles. The van der Waals surface area contributed by atoms with Crippen molar-refractivity contribution in [2.45, 2.75) is 26.8 Å². The summed E-state index contributed by atoms with van der Waals surface area (Å²) < 4.78 is 7.44. The molecule has 8 heteroatoms. The third kappa shape index (κ3) is 4.75. The summed E-state index contributed by atoms with van der Waals surface area (Å²) in [6.45, 7) is 3.66. The number of aryl methyl sites for hydroxylation is 1. The summed E-state index contributed by atoms with van der Waals surface area (Å²) in [7, 11) is 0. The Bertz CT molecular complexity index is 1110.